The lowest BCUT2D eigenvalue weighted by Crippen LogP contribution is -2.55. The van der Waals surface area contributed by atoms with Crippen LogP contribution >= 0.6 is 0 Å². The van der Waals surface area contributed by atoms with Crippen LogP contribution in [0, 0.1) is 6.92 Å². The van der Waals surface area contributed by atoms with Gasteiger partial charge in [-0.15, -0.1) is 0 Å². The zero-order chi connectivity index (χ0) is 33.2. The predicted molar refractivity (Wildman–Crippen MR) is 185 cm³/mol. The second-order valence-corrected chi connectivity index (χ2v) is 13.9. The molecule has 4 aromatic rings. The molecule has 0 aliphatic heterocycles. The number of rotatable bonds is 13. The smallest absolute Gasteiger partial charge is 0.264 e. The van der Waals surface area contributed by atoms with E-state index in [4.69, 9.17) is 4.74 Å². The van der Waals surface area contributed by atoms with Crippen molar-refractivity contribution >= 4 is 27.5 Å². The van der Waals surface area contributed by atoms with E-state index in [0.29, 0.717) is 5.75 Å². The highest BCUT2D eigenvalue weighted by atomic mass is 32.2. The third-order valence-electron chi connectivity index (χ3n) is 8.79. The summed E-state index contributed by atoms with van der Waals surface area (Å²) in [5, 5.41) is 3.25. The number of methoxy groups -OCH3 is 1. The highest BCUT2D eigenvalue weighted by Gasteiger charge is 2.36. The molecular weight excluding hydrogens is 611 g/mol. The molecule has 0 heterocycles. The molecule has 5 rings (SSSR count). The molecule has 2 amide bonds. The maximum Gasteiger partial charge on any atom is 0.264 e. The lowest BCUT2D eigenvalue weighted by atomic mass is 9.94. The van der Waals surface area contributed by atoms with E-state index < -0.39 is 28.5 Å². The normalized spacial score (nSPS) is 14.2. The van der Waals surface area contributed by atoms with Crippen LogP contribution in [0.4, 0.5) is 5.69 Å². The second-order valence-electron chi connectivity index (χ2n) is 12.0. The van der Waals surface area contributed by atoms with Crippen molar-refractivity contribution in [2.45, 2.75) is 69.0 Å². The van der Waals surface area contributed by atoms with Crippen LogP contribution in [0.2, 0.25) is 0 Å². The molecule has 1 saturated carbocycles. The lowest BCUT2D eigenvalue weighted by Gasteiger charge is -2.35. The number of amides is 2. The molecule has 0 spiro atoms. The van der Waals surface area contributed by atoms with Crippen LogP contribution in [0.25, 0.3) is 0 Å². The van der Waals surface area contributed by atoms with Crippen molar-refractivity contribution in [1.29, 1.82) is 0 Å². The molecule has 0 radical (unpaired) electrons. The molecule has 0 saturated heterocycles. The van der Waals surface area contributed by atoms with Gasteiger partial charge in [0.1, 0.15) is 18.3 Å². The van der Waals surface area contributed by atoms with Crippen LogP contribution in [-0.4, -0.2) is 50.9 Å². The van der Waals surface area contributed by atoms with Crippen LogP contribution in [0.3, 0.4) is 0 Å². The van der Waals surface area contributed by atoms with Crippen molar-refractivity contribution < 1.29 is 22.7 Å². The molecule has 1 aliphatic rings. The minimum Gasteiger partial charge on any atom is -0.495 e. The number of carbonyl (C=O) groups is 2. The average molecular weight is 654 g/mol. The van der Waals surface area contributed by atoms with Gasteiger partial charge in [-0.2, -0.15) is 0 Å². The number of hydrogen-bond donors (Lipinski definition) is 1. The van der Waals surface area contributed by atoms with Crippen LogP contribution in [-0.2, 0) is 32.6 Å². The molecule has 1 aliphatic carbocycles. The van der Waals surface area contributed by atoms with Crippen LogP contribution in [0.15, 0.2) is 114 Å². The van der Waals surface area contributed by atoms with Gasteiger partial charge in [-0.05, 0) is 60.7 Å². The summed E-state index contributed by atoms with van der Waals surface area (Å²) in [5.74, 6) is -0.433. The molecule has 1 unspecified atom stereocenters. The third-order valence-corrected chi connectivity index (χ3v) is 10.6. The van der Waals surface area contributed by atoms with Crippen molar-refractivity contribution in [2.75, 3.05) is 18.0 Å². The van der Waals surface area contributed by atoms with Gasteiger partial charge in [0.2, 0.25) is 11.8 Å². The molecule has 0 bridgehead atoms. The van der Waals surface area contributed by atoms with E-state index in [1.165, 1.54) is 19.2 Å². The van der Waals surface area contributed by atoms with Gasteiger partial charge in [0.15, 0.2) is 0 Å². The predicted octanol–water partition coefficient (Wildman–Crippen LogP) is 6.29. The number of anilines is 1. The van der Waals surface area contributed by atoms with Crippen LogP contribution < -0.4 is 14.4 Å². The molecule has 1 fully saturated rings. The first-order valence-corrected chi connectivity index (χ1v) is 17.6. The van der Waals surface area contributed by atoms with Gasteiger partial charge in [-0.25, -0.2) is 8.42 Å². The number of ether oxygens (including phenoxy) is 1. The minimum absolute atomic E-state index is 0.0356. The van der Waals surface area contributed by atoms with Crippen molar-refractivity contribution in [2.24, 2.45) is 0 Å². The van der Waals surface area contributed by atoms with Gasteiger partial charge in [-0.1, -0.05) is 104 Å². The summed E-state index contributed by atoms with van der Waals surface area (Å²) >= 11 is 0. The lowest BCUT2D eigenvalue weighted by molar-refractivity contribution is -0.140. The monoisotopic (exact) mass is 653 g/mol. The van der Waals surface area contributed by atoms with Gasteiger partial charge in [0.05, 0.1) is 17.7 Å². The van der Waals surface area contributed by atoms with E-state index >= 15 is 0 Å². The van der Waals surface area contributed by atoms with Crippen molar-refractivity contribution in [1.82, 2.24) is 10.2 Å². The molecule has 4 aromatic carbocycles. The fourth-order valence-electron chi connectivity index (χ4n) is 6.14. The number of benzene rings is 4. The topological polar surface area (TPSA) is 96.0 Å². The van der Waals surface area contributed by atoms with Gasteiger partial charge in [0, 0.05) is 19.0 Å². The Morgan fingerprint density at radius 1 is 0.830 bits per heavy atom. The van der Waals surface area contributed by atoms with E-state index in [1.807, 2.05) is 61.5 Å². The molecular formula is C38H43N3O5S. The minimum atomic E-state index is -4.22. The average Bonchev–Trinajstić information content (AvgIpc) is 3.10. The van der Waals surface area contributed by atoms with E-state index in [2.05, 4.69) is 5.32 Å². The van der Waals surface area contributed by atoms with Crippen LogP contribution in [0.1, 0.15) is 48.8 Å². The van der Waals surface area contributed by atoms with Gasteiger partial charge in [0.25, 0.3) is 10.0 Å². The van der Waals surface area contributed by atoms with E-state index in [1.54, 1.807) is 47.4 Å². The SMILES string of the molecule is COc1ccccc1N(CC(=O)N(Cc1ccccc1C)C(Cc1ccccc1)C(=O)NC1CCCCC1)S(=O)(=O)c1ccccc1. The van der Waals surface area contributed by atoms with E-state index in [-0.39, 0.29) is 35.5 Å². The first-order chi connectivity index (χ1) is 22.8. The number of nitrogens with zero attached hydrogens (tertiary/aromatic N) is 2. The summed E-state index contributed by atoms with van der Waals surface area (Å²) in [7, 11) is -2.76. The summed E-state index contributed by atoms with van der Waals surface area (Å²) in [6.45, 7) is 1.56. The Morgan fingerprint density at radius 2 is 1.45 bits per heavy atom. The fraction of sp³-hybridized carbons (Fsp3) is 0.316. The Bertz CT molecular complexity index is 1740. The van der Waals surface area contributed by atoms with E-state index in [9.17, 15) is 18.0 Å². The largest absolute Gasteiger partial charge is 0.495 e. The number of carbonyl (C=O) groups excluding carboxylic acids is 2. The first-order valence-electron chi connectivity index (χ1n) is 16.2. The third kappa shape index (κ3) is 8.40. The first kappa shape index (κ1) is 33.7. The standard InChI is InChI=1S/C38H43N3O5S/c1-29-16-12-13-19-31(29)27-40(35(26-30-17-6-3-7-18-30)38(43)39-32-20-8-4-9-21-32)37(42)28-41(34-24-14-15-25-36(34)46-2)47(44,45)33-22-10-5-11-23-33/h3,5-7,10-19,22-25,32,35H,4,8-9,20-21,26-28H2,1-2H3,(H,39,43). The number of nitrogens with one attached hydrogen (secondary N) is 1. The van der Waals surface area contributed by atoms with Crippen LogP contribution in [0.5, 0.6) is 5.75 Å². The van der Waals surface area contributed by atoms with Gasteiger partial charge < -0.3 is 15.0 Å². The molecule has 9 heteroatoms. The Hall–Kier alpha value is -4.63. The highest BCUT2D eigenvalue weighted by Crippen LogP contribution is 2.33. The summed E-state index contributed by atoms with van der Waals surface area (Å²) in [4.78, 5) is 30.6. The second kappa shape index (κ2) is 15.8. The summed E-state index contributed by atoms with van der Waals surface area (Å²) in [6, 6.07) is 31.3. The van der Waals surface area contributed by atoms with Crippen molar-refractivity contribution in [3.63, 3.8) is 0 Å². The van der Waals surface area contributed by atoms with E-state index in [0.717, 1.165) is 53.1 Å². The maximum atomic E-state index is 14.7. The maximum absolute atomic E-state index is 14.7. The summed E-state index contributed by atoms with van der Waals surface area (Å²) < 4.78 is 35.2. The molecule has 0 aromatic heterocycles. The fourth-order valence-corrected chi connectivity index (χ4v) is 7.58. The van der Waals surface area contributed by atoms with Crippen molar-refractivity contribution in [3.05, 3.63) is 126 Å². The molecule has 47 heavy (non-hydrogen) atoms. The zero-order valence-electron chi connectivity index (χ0n) is 27.0. The zero-order valence-corrected chi connectivity index (χ0v) is 27.9. The van der Waals surface area contributed by atoms with Gasteiger partial charge in [-0.3, -0.25) is 13.9 Å². The highest BCUT2D eigenvalue weighted by molar-refractivity contribution is 7.92. The molecule has 8 nitrogen and oxygen atoms in total. The Balaban J connectivity index is 1.58. The molecule has 246 valence electrons. The quantitative estimate of drug-likeness (QED) is 0.183. The summed E-state index contributed by atoms with van der Waals surface area (Å²) in [5.41, 5.74) is 2.97. The number of sulfonamides is 1. The number of para-hydroxylation sites is 2. The Morgan fingerprint density at radius 3 is 2.13 bits per heavy atom. The Labute approximate surface area is 278 Å². The van der Waals surface area contributed by atoms with Gasteiger partial charge >= 0.3 is 0 Å². The molecule has 1 N–H and O–H groups in total. The number of aryl methyl sites for hydroxylation is 1. The Kier molecular flexibility index (Phi) is 11.3. The van der Waals surface area contributed by atoms with Crippen molar-refractivity contribution in [3.8, 4) is 5.75 Å². The summed E-state index contributed by atoms with van der Waals surface area (Å²) in [6.07, 6.45) is 5.30. The number of hydrogen-bond acceptors (Lipinski definition) is 5. The molecule has 1 atom stereocenters.